The van der Waals surface area contributed by atoms with Gasteiger partial charge < -0.3 is 24.1 Å². The van der Waals surface area contributed by atoms with Gasteiger partial charge in [-0.1, -0.05) is 0 Å². The van der Waals surface area contributed by atoms with Crippen LogP contribution in [-0.4, -0.2) is 52.6 Å². The Labute approximate surface area is 204 Å². The molecule has 5 heterocycles. The van der Waals surface area contributed by atoms with Gasteiger partial charge in [0.1, 0.15) is 11.4 Å². The topological polar surface area (TPSA) is 107 Å². The van der Waals surface area contributed by atoms with Gasteiger partial charge >= 0.3 is 0 Å². The van der Waals surface area contributed by atoms with Gasteiger partial charge in [-0.15, -0.1) is 11.3 Å². The Kier molecular flexibility index (Phi) is 4.32. The molecule has 4 aliphatic heterocycles. The molecule has 0 radical (unpaired) electrons. The van der Waals surface area contributed by atoms with Gasteiger partial charge in [-0.05, 0) is 37.3 Å². The number of rotatable bonds is 5. The number of ether oxygens (including phenoxy) is 4. The summed E-state index contributed by atoms with van der Waals surface area (Å²) in [6.45, 7) is 2.17. The van der Waals surface area contributed by atoms with E-state index < -0.39 is 29.1 Å². The second kappa shape index (κ2) is 7.16. The fraction of sp³-hybridized carbons (Fsp3) is 0.400. The predicted octanol–water partition coefficient (Wildman–Crippen LogP) is 2.89. The molecule has 35 heavy (non-hydrogen) atoms. The summed E-state index contributed by atoms with van der Waals surface area (Å²) in [5, 5.41) is 10.9. The van der Waals surface area contributed by atoms with Crippen molar-refractivity contribution >= 4 is 39.1 Å². The quantitative estimate of drug-likeness (QED) is 0.540. The smallest absolute Gasteiger partial charge is 0.240 e. The molecule has 9 nitrogen and oxygen atoms in total. The third-order valence-corrected chi connectivity index (χ3v) is 8.62. The molecule has 3 saturated heterocycles. The maximum absolute atomic E-state index is 13.7. The van der Waals surface area contributed by atoms with Crippen LogP contribution >= 0.6 is 11.3 Å². The first-order valence-electron chi connectivity index (χ1n) is 11.5. The van der Waals surface area contributed by atoms with E-state index >= 15 is 0 Å². The van der Waals surface area contributed by atoms with Gasteiger partial charge in [0.15, 0.2) is 11.5 Å². The fourth-order valence-corrected chi connectivity index (χ4v) is 6.88. The lowest BCUT2D eigenvalue weighted by Gasteiger charge is -2.33. The van der Waals surface area contributed by atoms with Crippen LogP contribution in [0.1, 0.15) is 19.8 Å². The zero-order valence-corrected chi connectivity index (χ0v) is 19.6. The first kappa shape index (κ1) is 21.1. The number of hydrogen-bond acceptors (Lipinski definition) is 9. The summed E-state index contributed by atoms with van der Waals surface area (Å²) >= 11 is 1.45. The summed E-state index contributed by atoms with van der Waals surface area (Å²) in [6.07, 6.45) is -0.221. The number of amides is 2. The van der Waals surface area contributed by atoms with E-state index in [1.165, 1.54) is 16.2 Å². The average molecular weight is 495 g/mol. The molecule has 0 saturated carbocycles. The van der Waals surface area contributed by atoms with Gasteiger partial charge in [0, 0.05) is 18.9 Å². The predicted molar refractivity (Wildman–Crippen MR) is 125 cm³/mol. The number of aromatic nitrogens is 1. The molecular weight excluding hydrogens is 472 g/mol. The van der Waals surface area contributed by atoms with Crippen LogP contribution < -0.4 is 19.1 Å². The number of aliphatic hydroxyl groups is 1. The number of hydrogen-bond donors (Lipinski definition) is 1. The first-order valence-corrected chi connectivity index (χ1v) is 12.4. The van der Waals surface area contributed by atoms with E-state index in [1.807, 2.05) is 12.1 Å². The van der Waals surface area contributed by atoms with Crippen LogP contribution in [0, 0.1) is 11.8 Å². The van der Waals surface area contributed by atoms with Crippen molar-refractivity contribution in [2.45, 2.75) is 37.1 Å². The minimum atomic E-state index is -1.13. The molecule has 2 bridgehead atoms. The van der Waals surface area contributed by atoms with Crippen molar-refractivity contribution in [2.75, 3.05) is 18.3 Å². The molecule has 5 atom stereocenters. The highest BCUT2D eigenvalue weighted by atomic mass is 32.1. The number of imide groups is 1. The molecular formula is C25H22N2O7S. The summed E-state index contributed by atoms with van der Waals surface area (Å²) < 4.78 is 24.0. The molecule has 3 fully saturated rings. The third-order valence-electron chi connectivity index (χ3n) is 7.83. The summed E-state index contributed by atoms with van der Waals surface area (Å²) in [4.78, 5) is 32.9. The highest BCUT2D eigenvalue weighted by Crippen LogP contribution is 2.62. The number of anilines is 1. The number of nitrogens with zero attached hydrogens (tertiary/aromatic N) is 2. The number of fused-ring (bicyclic) bond motifs is 7. The molecule has 2 aromatic carbocycles. The molecule has 2 amide bonds. The standard InChI is InChI=1S/C25H22N2O7S/c1-24-19(28)10-25(34-24,6-7-31-14-3-5-16-17(9-14)33-12-32-16)21-20(24)22(29)27(23(21)30)13-2-4-15-18(8-13)35-11-26-15/h2-5,8-9,11,19-21,28H,6-7,10,12H2,1H3. The molecule has 7 rings (SSSR count). The normalized spacial score (nSPS) is 32.6. The Morgan fingerprint density at radius 3 is 2.86 bits per heavy atom. The zero-order valence-electron chi connectivity index (χ0n) is 18.8. The van der Waals surface area contributed by atoms with Crippen molar-refractivity contribution < 1.29 is 33.6 Å². The van der Waals surface area contributed by atoms with Crippen molar-refractivity contribution in [3.63, 3.8) is 0 Å². The van der Waals surface area contributed by atoms with Crippen LogP contribution in [0.3, 0.4) is 0 Å². The molecule has 0 aliphatic carbocycles. The Balaban J connectivity index is 1.17. The first-order chi connectivity index (χ1) is 16.9. The van der Waals surface area contributed by atoms with Gasteiger partial charge in [0.2, 0.25) is 18.6 Å². The van der Waals surface area contributed by atoms with Crippen molar-refractivity contribution in [3.05, 3.63) is 41.9 Å². The lowest BCUT2D eigenvalue weighted by Crippen LogP contribution is -2.49. The summed E-state index contributed by atoms with van der Waals surface area (Å²) in [5.74, 6) is -0.158. The van der Waals surface area contributed by atoms with Gasteiger partial charge in [0.25, 0.3) is 0 Å². The second-order valence-corrected chi connectivity index (χ2v) is 10.5. The van der Waals surface area contributed by atoms with Crippen LogP contribution in [0.5, 0.6) is 17.2 Å². The Morgan fingerprint density at radius 2 is 1.97 bits per heavy atom. The number of aliphatic hydroxyl groups excluding tert-OH is 1. The number of benzene rings is 2. The van der Waals surface area contributed by atoms with Gasteiger partial charge in [-0.3, -0.25) is 9.59 Å². The van der Waals surface area contributed by atoms with Crippen LogP contribution in [0.15, 0.2) is 41.9 Å². The van der Waals surface area contributed by atoms with Crippen LogP contribution in [0.2, 0.25) is 0 Å². The van der Waals surface area contributed by atoms with E-state index in [2.05, 4.69) is 4.98 Å². The summed E-state index contributed by atoms with van der Waals surface area (Å²) in [5.41, 5.74) is 0.971. The number of carbonyl (C=O) groups is 2. The van der Waals surface area contributed by atoms with E-state index in [1.54, 1.807) is 36.7 Å². The van der Waals surface area contributed by atoms with Gasteiger partial charge in [-0.25, -0.2) is 9.88 Å². The summed E-state index contributed by atoms with van der Waals surface area (Å²) in [6, 6.07) is 10.7. The highest BCUT2D eigenvalue weighted by molar-refractivity contribution is 7.16. The molecule has 3 aromatic rings. The van der Waals surface area contributed by atoms with Crippen molar-refractivity contribution in [1.29, 1.82) is 0 Å². The van der Waals surface area contributed by atoms with Crippen LogP contribution in [-0.2, 0) is 14.3 Å². The molecule has 4 aliphatic rings. The molecule has 1 aromatic heterocycles. The van der Waals surface area contributed by atoms with E-state index in [4.69, 9.17) is 18.9 Å². The van der Waals surface area contributed by atoms with Crippen LogP contribution in [0.4, 0.5) is 5.69 Å². The third kappa shape index (κ3) is 2.84. The SMILES string of the molecule is CC12OC(CCOc3ccc4c(c3)OCO4)(CC1O)C1C(=O)N(c3ccc4ncsc4c3)C(=O)C12. The van der Waals surface area contributed by atoms with Gasteiger partial charge in [0.05, 0.1) is 51.6 Å². The molecule has 5 unspecified atom stereocenters. The van der Waals surface area contributed by atoms with E-state index in [0.29, 0.717) is 29.4 Å². The average Bonchev–Trinajstić information content (AvgIpc) is 3.61. The molecule has 0 spiro atoms. The summed E-state index contributed by atoms with van der Waals surface area (Å²) in [7, 11) is 0. The largest absolute Gasteiger partial charge is 0.493 e. The molecule has 10 heteroatoms. The highest BCUT2D eigenvalue weighted by Gasteiger charge is 2.77. The Bertz CT molecular complexity index is 1390. The minimum Gasteiger partial charge on any atom is -0.493 e. The number of carbonyl (C=O) groups excluding carboxylic acids is 2. The van der Waals surface area contributed by atoms with E-state index in [-0.39, 0.29) is 31.6 Å². The fourth-order valence-electron chi connectivity index (χ4n) is 6.17. The Morgan fingerprint density at radius 1 is 1.14 bits per heavy atom. The number of thiazole rings is 1. The molecule has 180 valence electrons. The Hall–Kier alpha value is -3.21. The second-order valence-electron chi connectivity index (χ2n) is 9.66. The van der Waals surface area contributed by atoms with Crippen molar-refractivity contribution in [3.8, 4) is 17.2 Å². The van der Waals surface area contributed by atoms with E-state index in [9.17, 15) is 14.7 Å². The zero-order chi connectivity index (χ0) is 23.9. The lowest BCUT2D eigenvalue weighted by molar-refractivity contribution is -0.134. The molecule has 1 N–H and O–H groups in total. The van der Waals surface area contributed by atoms with Crippen LogP contribution in [0.25, 0.3) is 10.2 Å². The van der Waals surface area contributed by atoms with Crippen molar-refractivity contribution in [1.82, 2.24) is 4.98 Å². The monoisotopic (exact) mass is 494 g/mol. The van der Waals surface area contributed by atoms with Gasteiger partial charge in [-0.2, -0.15) is 0 Å². The maximum atomic E-state index is 13.7. The van der Waals surface area contributed by atoms with E-state index in [0.717, 1.165) is 10.2 Å². The lowest BCUT2D eigenvalue weighted by atomic mass is 9.66. The maximum Gasteiger partial charge on any atom is 0.240 e. The minimum absolute atomic E-state index is 0.178. The van der Waals surface area contributed by atoms with Crippen molar-refractivity contribution in [2.24, 2.45) is 11.8 Å².